The summed E-state index contributed by atoms with van der Waals surface area (Å²) in [5.41, 5.74) is -1.01. The van der Waals surface area contributed by atoms with Gasteiger partial charge in [-0.2, -0.15) is 0 Å². The lowest BCUT2D eigenvalue weighted by Gasteiger charge is -2.20. The van der Waals surface area contributed by atoms with Crippen LogP contribution in [-0.2, 0) is 4.74 Å². The number of rotatable bonds is 2. The fraction of sp³-hybridized carbons (Fsp3) is 0.417. The van der Waals surface area contributed by atoms with Gasteiger partial charge in [0.2, 0.25) is 0 Å². The largest absolute Gasteiger partial charge is 0.478 e. The summed E-state index contributed by atoms with van der Waals surface area (Å²) < 4.78 is 5.33. The SMILES string of the molecule is C.CC(C)(C)OC(=O)Nc1ncc(Br)c(Cl)c1C(=O)O. The topological polar surface area (TPSA) is 88.5 Å². The lowest BCUT2D eigenvalue weighted by molar-refractivity contribution is 0.0635. The molecule has 8 heteroatoms. The highest BCUT2D eigenvalue weighted by molar-refractivity contribution is 9.10. The van der Waals surface area contributed by atoms with E-state index < -0.39 is 17.7 Å². The lowest BCUT2D eigenvalue weighted by Crippen LogP contribution is -2.28. The predicted octanol–water partition coefficient (Wildman–Crippen LogP) is 4.18. The van der Waals surface area contributed by atoms with Crippen LogP contribution in [0.2, 0.25) is 5.02 Å². The zero-order chi connectivity index (χ0) is 14.8. The number of ether oxygens (including phenoxy) is 1. The Bertz CT molecular complexity index is 529. The summed E-state index contributed by atoms with van der Waals surface area (Å²) >= 11 is 8.91. The van der Waals surface area contributed by atoms with Crippen molar-refractivity contribution in [2.45, 2.75) is 33.8 Å². The first-order valence-electron chi connectivity index (χ1n) is 5.19. The molecule has 0 aromatic carbocycles. The van der Waals surface area contributed by atoms with E-state index in [1.165, 1.54) is 6.20 Å². The van der Waals surface area contributed by atoms with Crippen molar-refractivity contribution in [3.63, 3.8) is 0 Å². The van der Waals surface area contributed by atoms with Crippen LogP contribution in [0, 0.1) is 0 Å². The van der Waals surface area contributed by atoms with E-state index in [-0.39, 0.29) is 23.8 Å². The van der Waals surface area contributed by atoms with Crippen LogP contribution in [0.3, 0.4) is 0 Å². The zero-order valence-corrected chi connectivity index (χ0v) is 12.8. The molecule has 112 valence electrons. The number of nitrogens with one attached hydrogen (secondary N) is 1. The monoisotopic (exact) mass is 366 g/mol. The van der Waals surface area contributed by atoms with Gasteiger partial charge in [-0.1, -0.05) is 19.0 Å². The lowest BCUT2D eigenvalue weighted by atomic mass is 10.2. The summed E-state index contributed by atoms with van der Waals surface area (Å²) in [4.78, 5) is 26.5. The predicted molar refractivity (Wildman–Crippen MR) is 80.5 cm³/mol. The number of amides is 1. The minimum absolute atomic E-state index is 0. The number of carboxylic acids is 1. The fourth-order valence-electron chi connectivity index (χ4n) is 1.16. The number of hydrogen-bond donors (Lipinski definition) is 2. The first-order chi connectivity index (χ1) is 8.61. The molecule has 20 heavy (non-hydrogen) atoms. The number of aromatic carboxylic acids is 1. The Morgan fingerprint density at radius 3 is 2.45 bits per heavy atom. The van der Waals surface area contributed by atoms with Gasteiger partial charge in [-0.3, -0.25) is 5.32 Å². The van der Waals surface area contributed by atoms with E-state index in [4.69, 9.17) is 21.4 Å². The van der Waals surface area contributed by atoms with Crippen molar-refractivity contribution in [2.24, 2.45) is 0 Å². The number of carbonyl (C=O) groups excluding carboxylic acids is 1. The maximum absolute atomic E-state index is 11.6. The highest BCUT2D eigenvalue weighted by Crippen LogP contribution is 2.30. The minimum atomic E-state index is -1.30. The molecule has 1 rings (SSSR count). The van der Waals surface area contributed by atoms with Crippen molar-refractivity contribution < 1.29 is 19.4 Å². The van der Waals surface area contributed by atoms with Crippen molar-refractivity contribution in [1.29, 1.82) is 0 Å². The minimum Gasteiger partial charge on any atom is -0.478 e. The Hall–Kier alpha value is -1.34. The number of pyridine rings is 1. The molecule has 1 heterocycles. The van der Waals surface area contributed by atoms with E-state index in [2.05, 4.69) is 26.2 Å². The molecular formula is C12H16BrClN2O4. The Morgan fingerprint density at radius 2 is 2.00 bits per heavy atom. The zero-order valence-electron chi connectivity index (χ0n) is 10.5. The number of nitrogens with zero attached hydrogens (tertiary/aromatic N) is 1. The summed E-state index contributed by atoms with van der Waals surface area (Å²) in [7, 11) is 0. The summed E-state index contributed by atoms with van der Waals surface area (Å²) in [6, 6.07) is 0. The van der Waals surface area contributed by atoms with Gasteiger partial charge < -0.3 is 9.84 Å². The summed E-state index contributed by atoms with van der Waals surface area (Å²) in [6.07, 6.45) is 0.488. The van der Waals surface area contributed by atoms with Crippen molar-refractivity contribution in [2.75, 3.05) is 5.32 Å². The molecule has 0 aliphatic carbocycles. The van der Waals surface area contributed by atoms with Crippen LogP contribution in [0.25, 0.3) is 0 Å². The third kappa shape index (κ3) is 4.97. The highest BCUT2D eigenvalue weighted by atomic mass is 79.9. The van der Waals surface area contributed by atoms with Crippen LogP contribution in [0.1, 0.15) is 38.6 Å². The second-order valence-corrected chi connectivity index (χ2v) is 5.81. The second kappa shape index (κ2) is 6.90. The molecule has 0 atom stereocenters. The number of carbonyl (C=O) groups is 2. The molecule has 0 radical (unpaired) electrons. The van der Waals surface area contributed by atoms with Gasteiger partial charge in [-0.25, -0.2) is 14.6 Å². The van der Waals surface area contributed by atoms with Crippen LogP contribution in [-0.4, -0.2) is 27.8 Å². The van der Waals surface area contributed by atoms with Crippen LogP contribution >= 0.6 is 27.5 Å². The standard InChI is InChI=1S/C11H12BrClN2O4.CH4/c1-11(2,3)19-10(18)15-8-6(9(16)17)7(13)5(12)4-14-8;/h4H,1-3H3,(H,16,17)(H,14,15,18);1H4. The van der Waals surface area contributed by atoms with E-state index in [0.29, 0.717) is 4.47 Å². The maximum atomic E-state index is 11.6. The summed E-state index contributed by atoms with van der Waals surface area (Å²) in [5, 5.41) is 11.3. The van der Waals surface area contributed by atoms with Gasteiger partial charge in [-0.05, 0) is 36.7 Å². The highest BCUT2D eigenvalue weighted by Gasteiger charge is 2.22. The molecule has 0 saturated heterocycles. The molecule has 1 aromatic heterocycles. The van der Waals surface area contributed by atoms with Gasteiger partial charge in [0.05, 0.1) is 9.50 Å². The van der Waals surface area contributed by atoms with E-state index in [0.717, 1.165) is 0 Å². The van der Waals surface area contributed by atoms with Crippen molar-refractivity contribution >= 4 is 45.4 Å². The Balaban J connectivity index is 0.00000361. The van der Waals surface area contributed by atoms with Crippen LogP contribution < -0.4 is 5.32 Å². The van der Waals surface area contributed by atoms with Crippen LogP contribution in [0.5, 0.6) is 0 Å². The van der Waals surface area contributed by atoms with Gasteiger partial charge in [-0.15, -0.1) is 0 Å². The molecule has 0 bridgehead atoms. The van der Waals surface area contributed by atoms with Crippen LogP contribution in [0.15, 0.2) is 10.7 Å². The smallest absolute Gasteiger partial charge is 0.413 e. The quantitative estimate of drug-likeness (QED) is 0.818. The Morgan fingerprint density at radius 1 is 1.45 bits per heavy atom. The molecule has 0 unspecified atom stereocenters. The van der Waals surface area contributed by atoms with E-state index >= 15 is 0 Å². The first-order valence-corrected chi connectivity index (χ1v) is 6.36. The Labute approximate surface area is 130 Å². The molecule has 0 aliphatic rings. The van der Waals surface area contributed by atoms with Crippen molar-refractivity contribution in [3.8, 4) is 0 Å². The van der Waals surface area contributed by atoms with Gasteiger partial charge in [0.15, 0.2) is 5.82 Å². The average Bonchev–Trinajstić information content (AvgIpc) is 2.20. The van der Waals surface area contributed by atoms with Crippen molar-refractivity contribution in [1.82, 2.24) is 4.98 Å². The molecule has 0 fully saturated rings. The van der Waals surface area contributed by atoms with Gasteiger partial charge in [0.25, 0.3) is 0 Å². The summed E-state index contributed by atoms with van der Waals surface area (Å²) in [5.74, 6) is -1.47. The normalized spacial score (nSPS) is 10.4. The molecule has 0 aliphatic heterocycles. The maximum Gasteiger partial charge on any atom is 0.413 e. The van der Waals surface area contributed by atoms with Crippen molar-refractivity contribution in [3.05, 3.63) is 21.3 Å². The molecule has 6 nitrogen and oxygen atoms in total. The second-order valence-electron chi connectivity index (χ2n) is 4.58. The number of hydrogen-bond acceptors (Lipinski definition) is 4. The first kappa shape index (κ1) is 18.7. The molecule has 0 spiro atoms. The third-order valence-corrected chi connectivity index (χ3v) is 3.03. The van der Waals surface area contributed by atoms with Gasteiger partial charge in [0.1, 0.15) is 11.2 Å². The summed E-state index contributed by atoms with van der Waals surface area (Å²) in [6.45, 7) is 5.06. The molecule has 1 aromatic rings. The number of carboxylic acid groups (broad SMARTS) is 1. The van der Waals surface area contributed by atoms with Gasteiger partial charge >= 0.3 is 12.1 Å². The Kier molecular flexibility index (Phi) is 6.43. The fourth-order valence-corrected chi connectivity index (χ4v) is 1.68. The number of aromatic nitrogens is 1. The van der Waals surface area contributed by atoms with Crippen LogP contribution in [0.4, 0.5) is 10.6 Å². The molecule has 0 saturated carbocycles. The molecule has 1 amide bonds. The van der Waals surface area contributed by atoms with E-state index in [1.54, 1.807) is 20.8 Å². The van der Waals surface area contributed by atoms with Gasteiger partial charge in [0, 0.05) is 6.20 Å². The average molecular weight is 368 g/mol. The number of halogens is 2. The molecule has 2 N–H and O–H groups in total. The molecular weight excluding hydrogens is 351 g/mol. The van der Waals surface area contributed by atoms with E-state index in [1.807, 2.05) is 0 Å². The van der Waals surface area contributed by atoms with E-state index in [9.17, 15) is 9.59 Å². The third-order valence-electron chi connectivity index (χ3n) is 1.81. The number of anilines is 1.